The predicted molar refractivity (Wildman–Crippen MR) is 84.4 cm³/mol. The minimum atomic E-state index is -0.183. The molecule has 2 rings (SSSR count). The summed E-state index contributed by atoms with van der Waals surface area (Å²) < 4.78 is 5.39. The van der Waals surface area contributed by atoms with Crippen molar-refractivity contribution in [1.82, 2.24) is 5.43 Å². The van der Waals surface area contributed by atoms with E-state index in [9.17, 15) is 4.79 Å². The molecule has 0 spiro atoms. The third kappa shape index (κ3) is 3.74. The number of furan rings is 1. The Morgan fingerprint density at radius 1 is 1.38 bits per heavy atom. The Labute approximate surface area is 127 Å². The summed E-state index contributed by atoms with van der Waals surface area (Å²) in [5, 5.41) is 4.44. The van der Waals surface area contributed by atoms with Crippen molar-refractivity contribution in [2.24, 2.45) is 22.9 Å². The van der Waals surface area contributed by atoms with Crippen molar-refractivity contribution >= 4 is 11.6 Å². The molecule has 0 aliphatic heterocycles. The third-order valence-corrected chi connectivity index (χ3v) is 4.35. The van der Waals surface area contributed by atoms with Gasteiger partial charge in [0.1, 0.15) is 11.5 Å². The van der Waals surface area contributed by atoms with Crippen molar-refractivity contribution in [3.8, 4) is 0 Å². The first-order valence-electron chi connectivity index (χ1n) is 7.82. The zero-order chi connectivity index (χ0) is 15.6. The van der Waals surface area contributed by atoms with E-state index in [4.69, 9.17) is 4.42 Å². The van der Waals surface area contributed by atoms with E-state index in [0.29, 0.717) is 29.1 Å². The Morgan fingerprint density at radius 2 is 2.10 bits per heavy atom. The molecule has 1 fully saturated rings. The highest BCUT2D eigenvalue weighted by Crippen LogP contribution is 2.31. The van der Waals surface area contributed by atoms with Gasteiger partial charge in [0, 0.05) is 11.6 Å². The van der Waals surface area contributed by atoms with Crippen molar-refractivity contribution in [2.75, 3.05) is 0 Å². The summed E-state index contributed by atoms with van der Waals surface area (Å²) in [6.07, 6.45) is 3.39. The number of hydrazone groups is 1. The van der Waals surface area contributed by atoms with E-state index in [1.807, 2.05) is 6.92 Å². The Balaban J connectivity index is 2.10. The van der Waals surface area contributed by atoms with Gasteiger partial charge < -0.3 is 4.42 Å². The molecule has 1 heterocycles. The quantitative estimate of drug-likeness (QED) is 0.853. The second-order valence-corrected chi connectivity index (χ2v) is 6.61. The van der Waals surface area contributed by atoms with E-state index >= 15 is 0 Å². The lowest BCUT2D eigenvalue weighted by Crippen LogP contribution is -2.31. The number of hydrogen-bond donors (Lipinski definition) is 1. The van der Waals surface area contributed by atoms with E-state index in [1.54, 1.807) is 13.0 Å². The summed E-state index contributed by atoms with van der Waals surface area (Å²) >= 11 is 0. The molecule has 1 saturated carbocycles. The molecule has 0 unspecified atom stereocenters. The molecule has 21 heavy (non-hydrogen) atoms. The monoisotopic (exact) mass is 290 g/mol. The molecule has 0 saturated heterocycles. The van der Waals surface area contributed by atoms with Crippen LogP contribution in [0.1, 0.15) is 61.9 Å². The summed E-state index contributed by atoms with van der Waals surface area (Å²) in [4.78, 5) is 12.2. The molecule has 1 aromatic heterocycles. The van der Waals surface area contributed by atoms with Gasteiger partial charge in [0.2, 0.25) is 0 Å². The maximum atomic E-state index is 12.2. The average molecular weight is 290 g/mol. The summed E-state index contributed by atoms with van der Waals surface area (Å²) in [5.74, 6) is 2.89. The number of amides is 1. The SMILES string of the molecule is Cc1cc(C(=O)NN=C2C[C@H](C)CC[C@@H]2C(C)C)c(C)o1. The van der Waals surface area contributed by atoms with E-state index in [1.165, 1.54) is 6.42 Å². The Bertz CT molecular complexity index is 543. The predicted octanol–water partition coefficient (Wildman–Crippen LogP) is 4.07. The van der Waals surface area contributed by atoms with E-state index in [2.05, 4.69) is 31.3 Å². The smallest absolute Gasteiger partial charge is 0.274 e. The topological polar surface area (TPSA) is 54.6 Å². The van der Waals surface area contributed by atoms with Gasteiger partial charge in [0.05, 0.1) is 5.56 Å². The number of hydrogen-bond acceptors (Lipinski definition) is 3. The van der Waals surface area contributed by atoms with Crippen molar-refractivity contribution in [3.63, 3.8) is 0 Å². The molecular weight excluding hydrogens is 264 g/mol. The zero-order valence-corrected chi connectivity index (χ0v) is 13.7. The van der Waals surface area contributed by atoms with Crippen LogP contribution in [0.2, 0.25) is 0 Å². The van der Waals surface area contributed by atoms with Crippen LogP contribution in [0.3, 0.4) is 0 Å². The van der Waals surface area contributed by atoms with Crippen molar-refractivity contribution in [1.29, 1.82) is 0 Å². The molecule has 2 atom stereocenters. The van der Waals surface area contributed by atoms with Crippen LogP contribution in [0.25, 0.3) is 0 Å². The standard InChI is InChI=1S/C17H26N2O2/c1-10(2)14-7-6-11(3)8-16(14)18-19-17(20)15-9-12(4)21-13(15)5/h9-11,14H,6-8H2,1-5H3,(H,19,20)/t11-,14-/m1/s1. The molecule has 4 nitrogen and oxygen atoms in total. The molecule has 4 heteroatoms. The van der Waals surface area contributed by atoms with Gasteiger partial charge >= 0.3 is 0 Å². The number of carbonyl (C=O) groups excluding carboxylic acids is 1. The molecule has 116 valence electrons. The summed E-state index contributed by atoms with van der Waals surface area (Å²) in [6.45, 7) is 10.3. The second-order valence-electron chi connectivity index (χ2n) is 6.61. The average Bonchev–Trinajstić information content (AvgIpc) is 2.74. The fourth-order valence-corrected chi connectivity index (χ4v) is 3.13. The highest BCUT2D eigenvalue weighted by Gasteiger charge is 2.27. The summed E-state index contributed by atoms with van der Waals surface area (Å²) in [6, 6.07) is 1.76. The van der Waals surface area contributed by atoms with Crippen LogP contribution < -0.4 is 5.43 Å². The highest BCUT2D eigenvalue weighted by molar-refractivity contribution is 5.96. The van der Waals surface area contributed by atoms with E-state index in [0.717, 1.165) is 24.3 Å². The van der Waals surface area contributed by atoms with Crippen molar-refractivity contribution in [3.05, 3.63) is 23.2 Å². The fourth-order valence-electron chi connectivity index (χ4n) is 3.13. The number of nitrogens with one attached hydrogen (secondary N) is 1. The van der Waals surface area contributed by atoms with Gasteiger partial charge in [0.15, 0.2) is 0 Å². The van der Waals surface area contributed by atoms with Crippen LogP contribution in [0.5, 0.6) is 0 Å². The number of aryl methyl sites for hydroxylation is 2. The van der Waals surface area contributed by atoms with E-state index < -0.39 is 0 Å². The van der Waals surface area contributed by atoms with Gasteiger partial charge in [-0.25, -0.2) is 5.43 Å². The number of rotatable bonds is 3. The molecule has 0 radical (unpaired) electrons. The van der Waals surface area contributed by atoms with Gasteiger partial charge in [-0.3, -0.25) is 4.79 Å². The lowest BCUT2D eigenvalue weighted by atomic mass is 9.76. The molecule has 0 bridgehead atoms. The minimum absolute atomic E-state index is 0.183. The molecule has 1 aliphatic carbocycles. The van der Waals surface area contributed by atoms with Gasteiger partial charge in [-0.15, -0.1) is 0 Å². The molecule has 1 aliphatic rings. The van der Waals surface area contributed by atoms with Gasteiger partial charge in [0.25, 0.3) is 5.91 Å². The Kier molecular flexibility index (Phi) is 4.86. The fraction of sp³-hybridized carbons (Fsp3) is 0.647. The number of carbonyl (C=O) groups is 1. The number of nitrogens with zero attached hydrogens (tertiary/aromatic N) is 1. The molecule has 1 N–H and O–H groups in total. The van der Waals surface area contributed by atoms with Crippen LogP contribution in [0, 0.1) is 31.6 Å². The van der Waals surface area contributed by atoms with Crippen LogP contribution in [0.15, 0.2) is 15.6 Å². The first-order chi connectivity index (χ1) is 9.88. The molecule has 0 aromatic carbocycles. The zero-order valence-electron chi connectivity index (χ0n) is 13.7. The Morgan fingerprint density at radius 3 is 2.67 bits per heavy atom. The van der Waals surface area contributed by atoms with Gasteiger partial charge in [-0.2, -0.15) is 5.10 Å². The molecule has 1 aromatic rings. The Hall–Kier alpha value is -1.58. The maximum Gasteiger partial charge on any atom is 0.274 e. The maximum absolute atomic E-state index is 12.2. The first-order valence-corrected chi connectivity index (χ1v) is 7.82. The van der Waals surface area contributed by atoms with Crippen LogP contribution >= 0.6 is 0 Å². The molecule has 1 amide bonds. The summed E-state index contributed by atoms with van der Waals surface area (Å²) in [7, 11) is 0. The first kappa shape index (κ1) is 15.8. The lowest BCUT2D eigenvalue weighted by molar-refractivity contribution is 0.0952. The highest BCUT2D eigenvalue weighted by atomic mass is 16.3. The third-order valence-electron chi connectivity index (χ3n) is 4.35. The van der Waals surface area contributed by atoms with Crippen LogP contribution in [0.4, 0.5) is 0 Å². The van der Waals surface area contributed by atoms with E-state index in [-0.39, 0.29) is 5.91 Å². The van der Waals surface area contributed by atoms with Crippen molar-refractivity contribution in [2.45, 2.75) is 53.9 Å². The summed E-state index contributed by atoms with van der Waals surface area (Å²) in [5.41, 5.74) is 4.42. The second kappa shape index (κ2) is 6.46. The van der Waals surface area contributed by atoms with Gasteiger partial charge in [-0.1, -0.05) is 20.8 Å². The normalized spacial score (nSPS) is 24.6. The van der Waals surface area contributed by atoms with Crippen LogP contribution in [-0.4, -0.2) is 11.6 Å². The largest absolute Gasteiger partial charge is 0.466 e. The van der Waals surface area contributed by atoms with Crippen LogP contribution in [-0.2, 0) is 0 Å². The molecular formula is C17H26N2O2. The lowest BCUT2D eigenvalue weighted by Gasteiger charge is -2.30. The minimum Gasteiger partial charge on any atom is -0.466 e. The van der Waals surface area contributed by atoms with Gasteiger partial charge in [-0.05, 0) is 51.0 Å². The van der Waals surface area contributed by atoms with Crippen molar-refractivity contribution < 1.29 is 9.21 Å².